The van der Waals surface area contributed by atoms with Crippen LogP contribution in [0.1, 0.15) is 18.0 Å². The Morgan fingerprint density at radius 3 is 2.76 bits per heavy atom. The van der Waals surface area contributed by atoms with Crippen molar-refractivity contribution >= 4 is 11.0 Å². The van der Waals surface area contributed by atoms with Gasteiger partial charge in [0.05, 0.1) is 5.69 Å². The molecule has 128 valence electrons. The van der Waals surface area contributed by atoms with Gasteiger partial charge in [-0.2, -0.15) is 0 Å². The SMILES string of the molecule is CN1CC(c2cc3cc(-c4ccccc4O)nnc3[nH]2)CC12CNC2. The van der Waals surface area contributed by atoms with Crippen molar-refractivity contribution in [3.8, 4) is 17.0 Å². The lowest BCUT2D eigenvalue weighted by molar-refractivity contribution is 0.105. The minimum absolute atomic E-state index is 0.226. The van der Waals surface area contributed by atoms with Crippen molar-refractivity contribution in [3.05, 3.63) is 42.1 Å². The predicted molar refractivity (Wildman–Crippen MR) is 96.6 cm³/mol. The van der Waals surface area contributed by atoms with Gasteiger partial charge in [-0.1, -0.05) is 12.1 Å². The third kappa shape index (κ3) is 2.25. The number of rotatable bonds is 2. The van der Waals surface area contributed by atoms with Crippen molar-refractivity contribution in [1.29, 1.82) is 0 Å². The Balaban J connectivity index is 1.49. The van der Waals surface area contributed by atoms with Crippen LogP contribution in [0, 0.1) is 0 Å². The van der Waals surface area contributed by atoms with E-state index >= 15 is 0 Å². The molecule has 6 heteroatoms. The van der Waals surface area contributed by atoms with Crippen molar-refractivity contribution in [2.24, 2.45) is 0 Å². The van der Waals surface area contributed by atoms with Gasteiger partial charge in [-0.05, 0) is 37.7 Å². The van der Waals surface area contributed by atoms with Crippen molar-refractivity contribution in [2.45, 2.75) is 17.9 Å². The van der Waals surface area contributed by atoms with E-state index in [9.17, 15) is 5.11 Å². The van der Waals surface area contributed by atoms with Gasteiger partial charge in [0.2, 0.25) is 0 Å². The molecule has 0 saturated carbocycles. The third-order valence-electron chi connectivity index (χ3n) is 5.86. The summed E-state index contributed by atoms with van der Waals surface area (Å²) in [6.45, 7) is 3.23. The molecule has 1 spiro atoms. The molecule has 3 aromatic rings. The first-order valence-electron chi connectivity index (χ1n) is 8.71. The molecule has 4 heterocycles. The monoisotopic (exact) mass is 335 g/mol. The second-order valence-electron chi connectivity index (χ2n) is 7.38. The first-order chi connectivity index (χ1) is 12.1. The van der Waals surface area contributed by atoms with Gasteiger partial charge in [0.15, 0.2) is 5.65 Å². The summed E-state index contributed by atoms with van der Waals surface area (Å²) in [5.74, 6) is 0.721. The summed E-state index contributed by atoms with van der Waals surface area (Å²) in [4.78, 5) is 5.94. The second-order valence-corrected chi connectivity index (χ2v) is 7.38. The molecule has 1 aromatic carbocycles. The van der Waals surface area contributed by atoms with Crippen LogP contribution in [0.25, 0.3) is 22.3 Å². The van der Waals surface area contributed by atoms with E-state index in [1.807, 2.05) is 18.2 Å². The minimum Gasteiger partial charge on any atom is -0.507 e. The van der Waals surface area contributed by atoms with Crippen molar-refractivity contribution < 1.29 is 5.11 Å². The maximum Gasteiger partial charge on any atom is 0.160 e. The molecule has 25 heavy (non-hydrogen) atoms. The first kappa shape index (κ1) is 14.9. The van der Waals surface area contributed by atoms with Gasteiger partial charge in [-0.3, -0.25) is 4.90 Å². The number of nitrogens with one attached hydrogen (secondary N) is 2. The fraction of sp³-hybridized carbons (Fsp3) is 0.368. The molecular formula is C19H21N5O. The third-order valence-corrected chi connectivity index (χ3v) is 5.86. The topological polar surface area (TPSA) is 77.1 Å². The lowest BCUT2D eigenvalue weighted by Gasteiger charge is -2.44. The zero-order valence-corrected chi connectivity index (χ0v) is 14.2. The highest BCUT2D eigenvalue weighted by Crippen LogP contribution is 2.40. The van der Waals surface area contributed by atoms with Gasteiger partial charge in [0.25, 0.3) is 0 Å². The van der Waals surface area contributed by atoms with Crippen LogP contribution in [0.4, 0.5) is 0 Å². The van der Waals surface area contributed by atoms with Crippen molar-refractivity contribution in [3.63, 3.8) is 0 Å². The summed E-state index contributed by atoms with van der Waals surface area (Å²) in [7, 11) is 2.22. The Morgan fingerprint density at radius 1 is 1.20 bits per heavy atom. The summed E-state index contributed by atoms with van der Waals surface area (Å²) in [6, 6.07) is 11.4. The van der Waals surface area contributed by atoms with Crippen molar-refractivity contribution in [1.82, 2.24) is 25.4 Å². The predicted octanol–water partition coefficient (Wildman–Crippen LogP) is 2.09. The summed E-state index contributed by atoms with van der Waals surface area (Å²) in [6.07, 6.45) is 1.17. The largest absolute Gasteiger partial charge is 0.507 e. The van der Waals surface area contributed by atoms with Crippen LogP contribution in [-0.2, 0) is 0 Å². The number of phenolic OH excluding ortho intramolecular Hbond substituents is 1. The van der Waals surface area contributed by atoms with E-state index < -0.39 is 0 Å². The maximum atomic E-state index is 10.0. The molecule has 2 fully saturated rings. The zero-order chi connectivity index (χ0) is 17.0. The van der Waals surface area contributed by atoms with E-state index in [1.165, 1.54) is 12.1 Å². The van der Waals surface area contributed by atoms with Crippen LogP contribution in [0.15, 0.2) is 36.4 Å². The molecule has 5 rings (SSSR count). The molecular weight excluding hydrogens is 314 g/mol. The number of hydrogen-bond donors (Lipinski definition) is 3. The highest BCUT2D eigenvalue weighted by molar-refractivity contribution is 5.81. The molecule has 6 nitrogen and oxygen atoms in total. The number of H-pyrrole nitrogens is 1. The van der Waals surface area contributed by atoms with E-state index in [4.69, 9.17) is 0 Å². The Bertz CT molecular complexity index is 946. The minimum atomic E-state index is 0.226. The second kappa shape index (κ2) is 5.28. The van der Waals surface area contributed by atoms with Gasteiger partial charge in [0.1, 0.15) is 5.75 Å². The van der Waals surface area contributed by atoms with Gasteiger partial charge >= 0.3 is 0 Å². The van der Waals surface area contributed by atoms with Gasteiger partial charge in [-0.25, -0.2) is 0 Å². The molecule has 1 atom stereocenters. The molecule has 2 saturated heterocycles. The molecule has 2 aromatic heterocycles. The number of benzene rings is 1. The number of aromatic nitrogens is 3. The van der Waals surface area contributed by atoms with Crippen molar-refractivity contribution in [2.75, 3.05) is 26.7 Å². The highest BCUT2D eigenvalue weighted by Gasteiger charge is 2.48. The van der Waals surface area contributed by atoms with Crippen LogP contribution in [-0.4, -0.2) is 57.4 Å². The first-order valence-corrected chi connectivity index (χ1v) is 8.71. The fourth-order valence-electron chi connectivity index (χ4n) is 4.23. The molecule has 1 unspecified atom stereocenters. The summed E-state index contributed by atoms with van der Waals surface area (Å²) < 4.78 is 0. The molecule has 0 radical (unpaired) electrons. The lowest BCUT2D eigenvalue weighted by atomic mass is 9.86. The quantitative estimate of drug-likeness (QED) is 0.668. The Labute approximate surface area is 145 Å². The fourth-order valence-corrected chi connectivity index (χ4v) is 4.23. The van der Waals surface area contributed by atoms with E-state index in [0.29, 0.717) is 22.7 Å². The summed E-state index contributed by atoms with van der Waals surface area (Å²) in [5.41, 5.74) is 3.77. The molecule has 2 aliphatic heterocycles. The number of likely N-dealkylation sites (N-methyl/N-ethyl adjacent to an activating group) is 1. The maximum absolute atomic E-state index is 10.0. The molecule has 0 aliphatic carbocycles. The number of nitrogens with zero attached hydrogens (tertiary/aromatic N) is 3. The van der Waals surface area contributed by atoms with Crippen LogP contribution < -0.4 is 5.32 Å². The number of para-hydroxylation sites is 1. The Hall–Kier alpha value is -2.44. The Kier molecular flexibility index (Phi) is 3.14. The van der Waals surface area contributed by atoms with E-state index in [0.717, 1.165) is 30.7 Å². The lowest BCUT2D eigenvalue weighted by Crippen LogP contribution is -2.65. The molecule has 2 aliphatic rings. The Morgan fingerprint density at radius 2 is 2.04 bits per heavy atom. The van der Waals surface area contributed by atoms with E-state index in [-0.39, 0.29) is 5.75 Å². The van der Waals surface area contributed by atoms with Crippen LogP contribution in [0.5, 0.6) is 5.75 Å². The van der Waals surface area contributed by atoms with Gasteiger partial charge in [-0.15, -0.1) is 10.2 Å². The molecule has 0 bridgehead atoms. The molecule has 3 N–H and O–H groups in total. The van der Waals surface area contributed by atoms with Gasteiger partial charge < -0.3 is 15.4 Å². The average molecular weight is 335 g/mol. The average Bonchev–Trinajstić information content (AvgIpc) is 3.15. The summed E-state index contributed by atoms with van der Waals surface area (Å²) >= 11 is 0. The number of aromatic hydroxyl groups is 1. The van der Waals surface area contributed by atoms with Gasteiger partial charge in [0, 0.05) is 47.7 Å². The van der Waals surface area contributed by atoms with Crippen LogP contribution >= 0.6 is 0 Å². The summed E-state index contributed by atoms with van der Waals surface area (Å²) in [5, 5.41) is 23.1. The number of fused-ring (bicyclic) bond motifs is 1. The number of phenols is 1. The number of hydrogen-bond acceptors (Lipinski definition) is 5. The van der Waals surface area contributed by atoms with Crippen LogP contribution in [0.2, 0.25) is 0 Å². The highest BCUT2D eigenvalue weighted by atomic mass is 16.3. The number of aromatic amines is 1. The number of likely N-dealkylation sites (tertiary alicyclic amines) is 1. The standard InChI is InChI=1S/C19H21N5O/c1-24-9-13(8-19(24)10-20-11-19)15-6-12-7-16(22-23-18(12)21-15)14-4-2-3-5-17(14)25/h2-7,13,20,25H,8-11H2,1H3,(H,21,23). The van der Waals surface area contributed by atoms with E-state index in [2.05, 4.69) is 38.5 Å². The molecule has 0 amide bonds. The normalized spacial score (nSPS) is 22.5. The smallest absolute Gasteiger partial charge is 0.160 e. The van der Waals surface area contributed by atoms with Crippen LogP contribution in [0.3, 0.4) is 0 Å². The van der Waals surface area contributed by atoms with E-state index in [1.54, 1.807) is 12.1 Å². The zero-order valence-electron chi connectivity index (χ0n) is 14.2.